The number of rotatable bonds is 7. The lowest BCUT2D eigenvalue weighted by molar-refractivity contribution is -0.118. The average molecular weight is 351 g/mol. The second-order valence-electron chi connectivity index (χ2n) is 5.76. The summed E-state index contributed by atoms with van der Waals surface area (Å²) < 4.78 is 31.8. The van der Waals surface area contributed by atoms with Crippen LogP contribution in [0.3, 0.4) is 0 Å². The zero-order valence-electron chi connectivity index (χ0n) is 13.0. The van der Waals surface area contributed by atoms with Crippen molar-refractivity contribution in [2.45, 2.75) is 37.5 Å². The van der Waals surface area contributed by atoms with Crippen molar-refractivity contribution in [1.29, 1.82) is 0 Å². The van der Waals surface area contributed by atoms with Gasteiger partial charge in [0, 0.05) is 6.20 Å². The van der Waals surface area contributed by atoms with Crippen LogP contribution in [0.25, 0.3) is 11.5 Å². The van der Waals surface area contributed by atoms with Gasteiger partial charge in [-0.25, -0.2) is 13.1 Å². The van der Waals surface area contributed by atoms with Crippen molar-refractivity contribution < 1.29 is 17.7 Å². The van der Waals surface area contributed by atoms with Crippen molar-refractivity contribution in [3.63, 3.8) is 0 Å². The van der Waals surface area contributed by atoms with Gasteiger partial charge in [-0.05, 0) is 37.5 Å². The van der Waals surface area contributed by atoms with E-state index in [1.54, 1.807) is 12.3 Å². The molecule has 0 spiro atoms. The van der Waals surface area contributed by atoms with E-state index in [0.29, 0.717) is 18.5 Å². The number of sulfonamides is 1. The van der Waals surface area contributed by atoms with Crippen LogP contribution in [0.15, 0.2) is 22.9 Å². The number of amides is 1. The predicted molar refractivity (Wildman–Crippen MR) is 83.9 cm³/mol. The standard InChI is InChI=1S/C14H17N5O4S/c1-8-4-5-16-10(6-8)13-17-14(23-18-13)11(7-12(15)20)19-24(21,22)9-2-3-9/h4-6,9,11,19H,2-3,7H2,1H3,(H2,15,20)/t11-/m0/s1. The molecule has 2 heterocycles. The van der Waals surface area contributed by atoms with Crippen LogP contribution in [-0.4, -0.2) is 34.7 Å². The molecule has 128 valence electrons. The van der Waals surface area contributed by atoms with E-state index >= 15 is 0 Å². The highest BCUT2D eigenvalue weighted by molar-refractivity contribution is 7.90. The Morgan fingerprint density at radius 2 is 2.25 bits per heavy atom. The summed E-state index contributed by atoms with van der Waals surface area (Å²) in [6, 6.07) is 2.61. The summed E-state index contributed by atoms with van der Waals surface area (Å²) in [4.78, 5) is 19.6. The molecule has 0 unspecified atom stereocenters. The molecule has 10 heteroatoms. The van der Waals surface area contributed by atoms with Crippen molar-refractivity contribution >= 4 is 15.9 Å². The van der Waals surface area contributed by atoms with Crippen LogP contribution in [0.5, 0.6) is 0 Å². The highest BCUT2D eigenvalue weighted by Crippen LogP contribution is 2.30. The van der Waals surface area contributed by atoms with Gasteiger partial charge in [-0.3, -0.25) is 9.78 Å². The molecule has 0 saturated heterocycles. The second-order valence-corrected chi connectivity index (χ2v) is 7.75. The van der Waals surface area contributed by atoms with Crippen molar-refractivity contribution in [3.8, 4) is 11.5 Å². The molecule has 1 atom stereocenters. The van der Waals surface area contributed by atoms with Crippen LogP contribution < -0.4 is 10.5 Å². The minimum Gasteiger partial charge on any atom is -0.370 e. The number of carbonyl (C=O) groups excluding carboxylic acids is 1. The summed E-state index contributed by atoms with van der Waals surface area (Å²) in [6.07, 6.45) is 2.54. The summed E-state index contributed by atoms with van der Waals surface area (Å²) in [5.74, 6) is -0.475. The number of nitrogens with two attached hydrogens (primary N) is 1. The van der Waals surface area contributed by atoms with Crippen LogP contribution in [0.4, 0.5) is 0 Å². The average Bonchev–Trinajstić information content (AvgIpc) is 3.24. The van der Waals surface area contributed by atoms with Gasteiger partial charge in [-0.1, -0.05) is 5.16 Å². The van der Waals surface area contributed by atoms with Gasteiger partial charge in [0.2, 0.25) is 27.6 Å². The lowest BCUT2D eigenvalue weighted by Crippen LogP contribution is -2.34. The Kier molecular flexibility index (Phi) is 4.33. The lowest BCUT2D eigenvalue weighted by atomic mass is 10.2. The van der Waals surface area contributed by atoms with Crippen LogP contribution in [-0.2, 0) is 14.8 Å². The van der Waals surface area contributed by atoms with E-state index < -0.39 is 27.2 Å². The number of primary amides is 1. The Hall–Kier alpha value is -2.33. The summed E-state index contributed by atoms with van der Waals surface area (Å²) in [5, 5.41) is 3.37. The van der Waals surface area contributed by atoms with Gasteiger partial charge in [0.1, 0.15) is 11.7 Å². The van der Waals surface area contributed by atoms with E-state index in [-0.39, 0.29) is 18.1 Å². The third-order valence-electron chi connectivity index (χ3n) is 3.56. The van der Waals surface area contributed by atoms with Crippen LogP contribution in [0.2, 0.25) is 0 Å². The van der Waals surface area contributed by atoms with Gasteiger partial charge < -0.3 is 10.3 Å². The molecule has 3 rings (SSSR count). The quantitative estimate of drug-likeness (QED) is 0.737. The van der Waals surface area contributed by atoms with Gasteiger partial charge >= 0.3 is 0 Å². The fraction of sp³-hybridized carbons (Fsp3) is 0.429. The molecule has 24 heavy (non-hydrogen) atoms. The summed E-state index contributed by atoms with van der Waals surface area (Å²) >= 11 is 0. The first-order valence-electron chi connectivity index (χ1n) is 7.41. The van der Waals surface area contributed by atoms with Gasteiger partial charge in [-0.15, -0.1) is 0 Å². The Morgan fingerprint density at radius 1 is 1.50 bits per heavy atom. The molecule has 2 aromatic rings. The zero-order chi connectivity index (χ0) is 17.3. The van der Waals surface area contributed by atoms with Crippen LogP contribution >= 0.6 is 0 Å². The second kappa shape index (κ2) is 6.29. The highest BCUT2D eigenvalue weighted by Gasteiger charge is 2.38. The molecule has 2 aromatic heterocycles. The number of aromatic nitrogens is 3. The minimum atomic E-state index is -3.54. The number of nitrogens with zero attached hydrogens (tertiary/aromatic N) is 3. The molecule has 0 aliphatic heterocycles. The van der Waals surface area contributed by atoms with E-state index in [1.165, 1.54) is 0 Å². The molecule has 9 nitrogen and oxygen atoms in total. The van der Waals surface area contributed by atoms with E-state index in [0.717, 1.165) is 5.56 Å². The van der Waals surface area contributed by atoms with E-state index in [9.17, 15) is 13.2 Å². The molecule has 3 N–H and O–H groups in total. The topological polar surface area (TPSA) is 141 Å². The smallest absolute Gasteiger partial charge is 0.245 e. The molecule has 0 bridgehead atoms. The molecule has 1 fully saturated rings. The molecule has 1 aliphatic carbocycles. The first-order chi connectivity index (χ1) is 11.3. The fourth-order valence-electron chi connectivity index (χ4n) is 2.19. The third kappa shape index (κ3) is 3.77. The van der Waals surface area contributed by atoms with Crippen LogP contribution in [0.1, 0.15) is 36.8 Å². The van der Waals surface area contributed by atoms with Gasteiger partial charge in [0.15, 0.2) is 0 Å². The van der Waals surface area contributed by atoms with E-state index in [2.05, 4.69) is 19.8 Å². The van der Waals surface area contributed by atoms with Gasteiger partial charge in [0.05, 0.1) is 11.7 Å². The monoisotopic (exact) mass is 351 g/mol. The number of pyridine rings is 1. The third-order valence-corrected chi connectivity index (χ3v) is 5.52. The fourth-order valence-corrected chi connectivity index (χ4v) is 3.72. The van der Waals surface area contributed by atoms with Gasteiger partial charge in [-0.2, -0.15) is 4.98 Å². The Balaban J connectivity index is 1.86. The molecular weight excluding hydrogens is 334 g/mol. The Morgan fingerprint density at radius 3 is 2.88 bits per heavy atom. The molecule has 1 saturated carbocycles. The summed E-state index contributed by atoms with van der Waals surface area (Å²) in [6.45, 7) is 1.89. The van der Waals surface area contributed by atoms with Crippen molar-refractivity contribution in [1.82, 2.24) is 19.8 Å². The van der Waals surface area contributed by atoms with E-state index in [1.807, 2.05) is 13.0 Å². The maximum Gasteiger partial charge on any atom is 0.245 e. The molecule has 0 radical (unpaired) electrons. The normalized spacial score (nSPS) is 16.0. The molecular formula is C14H17N5O4S. The van der Waals surface area contributed by atoms with Crippen LogP contribution in [0, 0.1) is 6.92 Å². The summed E-state index contributed by atoms with van der Waals surface area (Å²) in [7, 11) is -3.54. The number of hydrogen-bond acceptors (Lipinski definition) is 7. The van der Waals surface area contributed by atoms with Crippen molar-refractivity contribution in [2.24, 2.45) is 5.73 Å². The maximum absolute atomic E-state index is 12.1. The first kappa shape index (κ1) is 16.5. The minimum absolute atomic E-state index is 0.0173. The highest BCUT2D eigenvalue weighted by atomic mass is 32.2. The Bertz CT molecular complexity index is 860. The first-order valence-corrected chi connectivity index (χ1v) is 8.96. The molecule has 1 aliphatic rings. The SMILES string of the molecule is Cc1ccnc(-c2noc([C@H](CC(N)=O)NS(=O)(=O)C3CC3)n2)c1. The van der Waals surface area contributed by atoms with Crippen molar-refractivity contribution in [3.05, 3.63) is 29.8 Å². The number of aryl methyl sites for hydroxylation is 1. The number of carbonyl (C=O) groups is 1. The predicted octanol–water partition coefficient (Wildman–Crippen LogP) is 0.438. The number of hydrogen-bond donors (Lipinski definition) is 2. The van der Waals surface area contributed by atoms with E-state index in [4.69, 9.17) is 10.3 Å². The molecule has 0 aromatic carbocycles. The Labute approximate surface area is 138 Å². The maximum atomic E-state index is 12.1. The number of nitrogens with one attached hydrogen (secondary N) is 1. The van der Waals surface area contributed by atoms with Gasteiger partial charge in [0.25, 0.3) is 0 Å². The lowest BCUT2D eigenvalue weighted by Gasteiger charge is -2.13. The zero-order valence-corrected chi connectivity index (χ0v) is 13.8. The molecule has 1 amide bonds. The van der Waals surface area contributed by atoms with Crippen molar-refractivity contribution in [2.75, 3.05) is 0 Å². The summed E-state index contributed by atoms with van der Waals surface area (Å²) in [5.41, 5.74) is 6.66. The largest absolute Gasteiger partial charge is 0.370 e.